The van der Waals surface area contributed by atoms with Crippen molar-refractivity contribution in [1.82, 2.24) is 14.8 Å². The van der Waals surface area contributed by atoms with Gasteiger partial charge in [0, 0.05) is 55.7 Å². The molecule has 3 heterocycles. The van der Waals surface area contributed by atoms with Crippen LogP contribution in [0.25, 0.3) is 0 Å². The molecule has 190 valence electrons. The molecule has 4 rings (SSSR count). The van der Waals surface area contributed by atoms with E-state index in [4.69, 9.17) is 10.7 Å². The molecule has 1 atom stereocenters. The molecule has 0 amide bonds. The van der Waals surface area contributed by atoms with Crippen molar-refractivity contribution in [2.45, 2.75) is 33.0 Å². The Hall–Kier alpha value is -3.53. The number of aliphatic imine (C=N–C) groups is 3. The Kier molecular flexibility index (Phi) is 9.75. The SMILES string of the molecule is C=N/C(C)=C1/N=C(c2cccnc2)N(Cc2ccc(CN3CC=CC(N)C3)cc2F)C1=NCC.CN. The Morgan fingerprint density at radius 3 is 2.69 bits per heavy atom. The van der Waals surface area contributed by atoms with E-state index >= 15 is 4.39 Å². The molecule has 1 aromatic heterocycles. The van der Waals surface area contributed by atoms with Gasteiger partial charge in [0.25, 0.3) is 0 Å². The van der Waals surface area contributed by atoms with Gasteiger partial charge in [0.15, 0.2) is 5.84 Å². The predicted molar refractivity (Wildman–Crippen MR) is 145 cm³/mol. The van der Waals surface area contributed by atoms with Crippen LogP contribution in [0.2, 0.25) is 0 Å². The van der Waals surface area contributed by atoms with E-state index in [1.54, 1.807) is 18.5 Å². The van der Waals surface area contributed by atoms with Gasteiger partial charge in [0.1, 0.15) is 17.3 Å². The third-order valence-corrected chi connectivity index (χ3v) is 5.82. The van der Waals surface area contributed by atoms with Crippen LogP contribution in [-0.2, 0) is 13.1 Å². The summed E-state index contributed by atoms with van der Waals surface area (Å²) in [6, 6.07) is 9.23. The smallest absolute Gasteiger partial charge is 0.157 e. The van der Waals surface area contributed by atoms with E-state index in [9.17, 15) is 0 Å². The summed E-state index contributed by atoms with van der Waals surface area (Å²) in [5.74, 6) is 1.06. The maximum Gasteiger partial charge on any atom is 0.157 e. The normalized spacial score (nSPS) is 20.2. The Labute approximate surface area is 212 Å². The first-order valence-electron chi connectivity index (χ1n) is 12.0. The first-order valence-corrected chi connectivity index (χ1v) is 12.0. The highest BCUT2D eigenvalue weighted by atomic mass is 19.1. The minimum Gasteiger partial charge on any atom is -0.333 e. The van der Waals surface area contributed by atoms with Crippen LogP contribution < -0.4 is 11.5 Å². The number of amidine groups is 2. The fourth-order valence-corrected chi connectivity index (χ4v) is 4.13. The lowest BCUT2D eigenvalue weighted by Crippen LogP contribution is -2.39. The van der Waals surface area contributed by atoms with Gasteiger partial charge in [-0.3, -0.25) is 19.9 Å². The van der Waals surface area contributed by atoms with Crippen molar-refractivity contribution in [3.8, 4) is 0 Å². The molecule has 2 aliphatic heterocycles. The highest BCUT2D eigenvalue weighted by Crippen LogP contribution is 2.27. The molecule has 0 fully saturated rings. The fraction of sp³-hybridized carbons (Fsp3) is 0.333. The van der Waals surface area contributed by atoms with Gasteiger partial charge in [-0.05, 0) is 51.4 Å². The zero-order chi connectivity index (χ0) is 26.1. The molecule has 1 aromatic carbocycles. The zero-order valence-electron chi connectivity index (χ0n) is 21.2. The van der Waals surface area contributed by atoms with Gasteiger partial charge in [0.05, 0.1) is 12.2 Å². The third kappa shape index (κ3) is 6.37. The Balaban J connectivity index is 0.00000176. The van der Waals surface area contributed by atoms with Gasteiger partial charge in [-0.1, -0.05) is 24.3 Å². The number of allylic oxidation sites excluding steroid dienone is 1. The highest BCUT2D eigenvalue weighted by molar-refractivity contribution is 6.20. The number of nitrogens with zero attached hydrogens (tertiary/aromatic N) is 6. The van der Waals surface area contributed by atoms with E-state index in [0.29, 0.717) is 41.7 Å². The summed E-state index contributed by atoms with van der Waals surface area (Å²) in [7, 11) is 1.50. The second-order valence-corrected chi connectivity index (χ2v) is 8.37. The van der Waals surface area contributed by atoms with Crippen molar-refractivity contribution >= 4 is 18.4 Å². The number of hydrogen-bond donors (Lipinski definition) is 2. The number of nitrogens with two attached hydrogens (primary N) is 2. The van der Waals surface area contributed by atoms with Crippen molar-refractivity contribution in [1.29, 1.82) is 0 Å². The van der Waals surface area contributed by atoms with E-state index in [0.717, 1.165) is 24.2 Å². The molecular weight excluding hydrogens is 455 g/mol. The molecule has 9 heteroatoms. The van der Waals surface area contributed by atoms with Crippen LogP contribution in [0.3, 0.4) is 0 Å². The molecule has 0 bridgehead atoms. The highest BCUT2D eigenvalue weighted by Gasteiger charge is 2.31. The fourth-order valence-electron chi connectivity index (χ4n) is 4.13. The molecule has 0 saturated carbocycles. The Morgan fingerprint density at radius 2 is 2.06 bits per heavy atom. The molecule has 2 aliphatic rings. The molecule has 0 radical (unpaired) electrons. The maximum absolute atomic E-state index is 15.3. The van der Waals surface area contributed by atoms with E-state index < -0.39 is 0 Å². The quantitative estimate of drug-likeness (QED) is 0.458. The lowest BCUT2D eigenvalue weighted by Gasteiger charge is -2.27. The number of benzene rings is 1. The summed E-state index contributed by atoms with van der Waals surface area (Å²) >= 11 is 0. The zero-order valence-corrected chi connectivity index (χ0v) is 21.2. The molecule has 2 aromatic rings. The van der Waals surface area contributed by atoms with Crippen LogP contribution in [0, 0.1) is 5.82 Å². The number of aromatic nitrogens is 1. The van der Waals surface area contributed by atoms with Crippen LogP contribution in [0.1, 0.15) is 30.5 Å². The molecular formula is C27H35FN8. The van der Waals surface area contributed by atoms with E-state index in [1.165, 1.54) is 7.05 Å². The summed E-state index contributed by atoms with van der Waals surface area (Å²) in [6.45, 7) is 10.5. The monoisotopic (exact) mass is 490 g/mol. The number of pyridine rings is 1. The van der Waals surface area contributed by atoms with E-state index in [2.05, 4.69) is 38.4 Å². The average molecular weight is 491 g/mol. The molecule has 0 saturated heterocycles. The predicted octanol–water partition coefficient (Wildman–Crippen LogP) is 3.11. The second-order valence-electron chi connectivity index (χ2n) is 8.37. The second kappa shape index (κ2) is 13.0. The maximum atomic E-state index is 15.3. The summed E-state index contributed by atoms with van der Waals surface area (Å²) < 4.78 is 15.3. The lowest BCUT2D eigenvalue weighted by atomic mass is 10.1. The van der Waals surface area contributed by atoms with Crippen molar-refractivity contribution in [3.63, 3.8) is 0 Å². The van der Waals surface area contributed by atoms with Gasteiger partial charge in [-0.2, -0.15) is 0 Å². The van der Waals surface area contributed by atoms with Crippen molar-refractivity contribution in [2.24, 2.45) is 26.4 Å². The van der Waals surface area contributed by atoms with Crippen LogP contribution in [0.15, 0.2) is 81.2 Å². The number of rotatable bonds is 7. The van der Waals surface area contributed by atoms with Crippen molar-refractivity contribution in [3.05, 3.63) is 88.8 Å². The van der Waals surface area contributed by atoms with E-state index in [-0.39, 0.29) is 18.4 Å². The van der Waals surface area contributed by atoms with Gasteiger partial charge in [-0.15, -0.1) is 0 Å². The minimum atomic E-state index is -0.258. The summed E-state index contributed by atoms with van der Waals surface area (Å²) in [4.78, 5) is 21.9. The first-order chi connectivity index (χ1) is 17.5. The molecule has 4 N–H and O–H groups in total. The standard InChI is InChI=1S/C26H30FN7.CH5N/c1-4-31-26-24(18(2)29-3)32-25(20-7-5-11-30-14-20)34(26)16-21-10-9-19(13-23(21)27)15-33-12-6-8-22(28)17-33;1-2/h5-11,13-14,22H,3-4,12,15-17,28H2,1-2H3;2H2,1H3/b24-18+,31-26?;. The third-order valence-electron chi connectivity index (χ3n) is 5.82. The van der Waals surface area contributed by atoms with Crippen LogP contribution in [-0.4, -0.2) is 65.9 Å². The minimum absolute atomic E-state index is 0.0188. The van der Waals surface area contributed by atoms with Gasteiger partial charge < -0.3 is 16.4 Å². The number of halogens is 1. The largest absolute Gasteiger partial charge is 0.333 e. The average Bonchev–Trinajstić information content (AvgIpc) is 3.25. The van der Waals surface area contributed by atoms with Gasteiger partial charge in [0.2, 0.25) is 0 Å². The number of hydrogen-bond acceptors (Lipinski definition) is 7. The lowest BCUT2D eigenvalue weighted by molar-refractivity contribution is 0.276. The van der Waals surface area contributed by atoms with Gasteiger partial charge in [-0.25, -0.2) is 9.38 Å². The van der Waals surface area contributed by atoms with E-state index in [1.807, 2.05) is 49.1 Å². The van der Waals surface area contributed by atoms with Crippen molar-refractivity contribution < 1.29 is 4.39 Å². The molecule has 0 spiro atoms. The topological polar surface area (TPSA) is 108 Å². The van der Waals surface area contributed by atoms with Crippen LogP contribution >= 0.6 is 0 Å². The Bertz CT molecular complexity index is 1170. The van der Waals surface area contributed by atoms with Crippen LogP contribution in [0.4, 0.5) is 4.39 Å². The molecule has 1 unspecified atom stereocenters. The molecule has 36 heavy (non-hydrogen) atoms. The summed E-state index contributed by atoms with van der Waals surface area (Å²) in [6.07, 6.45) is 7.53. The molecule has 0 aliphatic carbocycles. The first kappa shape index (κ1) is 27.1. The van der Waals surface area contributed by atoms with Gasteiger partial charge >= 0.3 is 0 Å². The summed E-state index contributed by atoms with van der Waals surface area (Å²) in [5, 5.41) is 0. The van der Waals surface area contributed by atoms with Crippen molar-refractivity contribution in [2.75, 3.05) is 26.7 Å². The Morgan fingerprint density at radius 1 is 1.25 bits per heavy atom. The van der Waals surface area contributed by atoms with Crippen LogP contribution in [0.5, 0.6) is 0 Å². The summed E-state index contributed by atoms with van der Waals surface area (Å²) in [5.41, 5.74) is 14.1. The molecule has 8 nitrogen and oxygen atoms in total.